The summed E-state index contributed by atoms with van der Waals surface area (Å²) in [6, 6.07) is -0.281. The summed E-state index contributed by atoms with van der Waals surface area (Å²) in [6.07, 6.45) is -2.66. The maximum atomic E-state index is 12.4. The molecule has 0 spiro atoms. The summed E-state index contributed by atoms with van der Waals surface area (Å²) in [6.45, 7) is 7.72. The minimum atomic E-state index is -4.48. The summed E-state index contributed by atoms with van der Waals surface area (Å²) in [5.74, 6) is -0.594. The van der Waals surface area contributed by atoms with E-state index in [1.807, 2.05) is 20.8 Å². The number of nitrogens with zero attached hydrogens (tertiary/aromatic N) is 3. The molecular weight excluding hydrogens is 321 g/mol. The average Bonchev–Trinajstić information content (AvgIpc) is 2.82. The van der Waals surface area contributed by atoms with E-state index in [2.05, 4.69) is 20.2 Å². The van der Waals surface area contributed by atoms with Crippen LogP contribution < -0.4 is 5.32 Å². The van der Waals surface area contributed by atoms with Crippen molar-refractivity contribution in [3.8, 4) is 0 Å². The molecule has 1 aromatic heterocycles. The molecule has 0 radical (unpaired) electrons. The van der Waals surface area contributed by atoms with Crippen LogP contribution in [0.3, 0.4) is 0 Å². The Kier molecular flexibility index (Phi) is 5.79. The first-order chi connectivity index (χ1) is 11.2. The zero-order valence-electron chi connectivity index (χ0n) is 14.1. The fourth-order valence-electron chi connectivity index (χ4n) is 3.11. The molecule has 2 heterocycles. The highest BCUT2D eigenvalue weighted by Gasteiger charge is 2.38. The van der Waals surface area contributed by atoms with E-state index in [4.69, 9.17) is 0 Å². The van der Waals surface area contributed by atoms with Crippen LogP contribution in [0.25, 0.3) is 0 Å². The number of rotatable bonds is 5. The lowest BCUT2D eigenvalue weighted by molar-refractivity contribution is -0.154. The molecule has 134 valence electrons. The van der Waals surface area contributed by atoms with Crippen molar-refractivity contribution < 1.29 is 18.0 Å². The fraction of sp³-hybridized carbons (Fsp3) is 0.688. The van der Waals surface area contributed by atoms with Gasteiger partial charge in [0.25, 0.3) is 0 Å². The van der Waals surface area contributed by atoms with Crippen molar-refractivity contribution in [3.05, 3.63) is 23.8 Å². The first-order valence-electron chi connectivity index (χ1n) is 8.00. The van der Waals surface area contributed by atoms with Gasteiger partial charge in [0, 0.05) is 38.1 Å². The minimum Gasteiger partial charge on any atom is -0.351 e. The predicted octanol–water partition coefficient (Wildman–Crippen LogP) is 2.31. The molecule has 2 atom stereocenters. The van der Waals surface area contributed by atoms with E-state index in [0.717, 1.165) is 11.4 Å². The summed E-state index contributed by atoms with van der Waals surface area (Å²) in [4.78, 5) is 22.2. The Balaban J connectivity index is 2.01. The number of alkyl halides is 3. The van der Waals surface area contributed by atoms with Crippen molar-refractivity contribution in [2.24, 2.45) is 11.8 Å². The third-order valence-electron chi connectivity index (χ3n) is 4.36. The molecule has 0 bridgehead atoms. The van der Waals surface area contributed by atoms with E-state index >= 15 is 0 Å². The average molecular weight is 344 g/mol. The normalized spacial score (nSPS) is 22.1. The topological polar surface area (TPSA) is 58.1 Å². The van der Waals surface area contributed by atoms with E-state index in [-0.39, 0.29) is 17.9 Å². The highest BCUT2D eigenvalue weighted by atomic mass is 19.4. The first-order valence-corrected chi connectivity index (χ1v) is 8.00. The van der Waals surface area contributed by atoms with Crippen molar-refractivity contribution in [2.45, 2.75) is 46.0 Å². The van der Waals surface area contributed by atoms with E-state index in [0.29, 0.717) is 19.6 Å². The van der Waals surface area contributed by atoms with Crippen LogP contribution in [-0.4, -0.2) is 46.1 Å². The maximum absolute atomic E-state index is 12.4. The summed E-state index contributed by atoms with van der Waals surface area (Å²) in [7, 11) is 0. The molecule has 0 aliphatic carbocycles. The number of hydrogen-bond donors (Lipinski definition) is 1. The lowest BCUT2D eigenvalue weighted by atomic mass is 9.91. The van der Waals surface area contributed by atoms with Crippen molar-refractivity contribution >= 4 is 5.91 Å². The molecule has 8 heteroatoms. The van der Waals surface area contributed by atoms with Gasteiger partial charge in [-0.15, -0.1) is 0 Å². The number of likely N-dealkylation sites (tertiary alicyclic amines) is 1. The Labute approximate surface area is 139 Å². The largest absolute Gasteiger partial charge is 0.397 e. The molecule has 2 rings (SSSR count). The van der Waals surface area contributed by atoms with Gasteiger partial charge in [-0.2, -0.15) is 13.2 Å². The third-order valence-corrected chi connectivity index (χ3v) is 4.36. The summed E-state index contributed by atoms with van der Waals surface area (Å²) >= 11 is 0. The van der Waals surface area contributed by atoms with Crippen molar-refractivity contribution in [1.82, 2.24) is 20.2 Å². The molecular formula is C16H23F3N4O. The van der Waals surface area contributed by atoms with Crippen molar-refractivity contribution in [2.75, 3.05) is 13.1 Å². The summed E-state index contributed by atoms with van der Waals surface area (Å²) < 4.78 is 37.1. The number of halogens is 3. The van der Waals surface area contributed by atoms with Crippen molar-refractivity contribution in [3.63, 3.8) is 0 Å². The lowest BCUT2D eigenvalue weighted by Crippen LogP contribution is -2.43. The monoisotopic (exact) mass is 344 g/mol. The minimum absolute atomic E-state index is 0.110. The molecule has 1 amide bonds. The molecule has 1 aromatic rings. The zero-order chi connectivity index (χ0) is 17.9. The van der Waals surface area contributed by atoms with E-state index in [1.54, 1.807) is 12.4 Å². The van der Waals surface area contributed by atoms with Crippen LogP contribution in [0.5, 0.6) is 0 Å². The number of hydrogen-bond acceptors (Lipinski definition) is 4. The Morgan fingerprint density at radius 2 is 2.00 bits per heavy atom. The van der Waals surface area contributed by atoms with Crippen LogP contribution in [0.2, 0.25) is 0 Å². The van der Waals surface area contributed by atoms with Gasteiger partial charge in [-0.25, -0.2) is 0 Å². The molecule has 5 nitrogen and oxygen atoms in total. The quantitative estimate of drug-likeness (QED) is 0.891. The first kappa shape index (κ1) is 18.6. The van der Waals surface area contributed by atoms with E-state index < -0.39 is 18.5 Å². The number of carbonyl (C=O) groups is 1. The Bertz CT molecular complexity index is 577. The molecule has 1 saturated heterocycles. The van der Waals surface area contributed by atoms with Crippen LogP contribution in [0.15, 0.2) is 12.4 Å². The van der Waals surface area contributed by atoms with Crippen LogP contribution in [0, 0.1) is 18.8 Å². The van der Waals surface area contributed by atoms with Gasteiger partial charge < -0.3 is 5.32 Å². The number of aryl methyl sites for hydroxylation is 1. The number of nitrogens with one attached hydrogen (secondary N) is 1. The molecule has 0 saturated carbocycles. The SMILES string of the molecule is Cc1nccnc1CN1C[C@H](NC(=O)CC(F)(F)F)[C@@H](C(C)C)C1. The van der Waals surface area contributed by atoms with Gasteiger partial charge in [-0.1, -0.05) is 13.8 Å². The zero-order valence-corrected chi connectivity index (χ0v) is 14.1. The highest BCUT2D eigenvalue weighted by Crippen LogP contribution is 2.27. The van der Waals surface area contributed by atoms with Gasteiger partial charge in [0.2, 0.25) is 5.91 Å². The lowest BCUT2D eigenvalue weighted by Gasteiger charge is -2.23. The van der Waals surface area contributed by atoms with Gasteiger partial charge in [0.15, 0.2) is 0 Å². The molecule has 1 N–H and O–H groups in total. The maximum Gasteiger partial charge on any atom is 0.397 e. The second-order valence-electron chi connectivity index (χ2n) is 6.66. The second-order valence-corrected chi connectivity index (χ2v) is 6.66. The Morgan fingerprint density at radius 3 is 2.58 bits per heavy atom. The number of carbonyl (C=O) groups excluding carboxylic acids is 1. The van der Waals surface area contributed by atoms with Gasteiger partial charge >= 0.3 is 6.18 Å². The molecule has 1 aliphatic heterocycles. The van der Waals surface area contributed by atoms with E-state index in [1.165, 1.54) is 0 Å². The van der Waals surface area contributed by atoms with Gasteiger partial charge in [0.05, 0.1) is 11.4 Å². The summed E-state index contributed by atoms with van der Waals surface area (Å²) in [5, 5.41) is 2.56. The van der Waals surface area contributed by atoms with Gasteiger partial charge in [0.1, 0.15) is 6.42 Å². The number of aromatic nitrogens is 2. The van der Waals surface area contributed by atoms with Crippen LogP contribution in [0.1, 0.15) is 31.7 Å². The highest BCUT2D eigenvalue weighted by molar-refractivity contribution is 5.77. The molecule has 0 aromatic carbocycles. The van der Waals surface area contributed by atoms with Gasteiger partial charge in [-0.05, 0) is 18.8 Å². The second kappa shape index (κ2) is 7.46. The van der Waals surface area contributed by atoms with Crippen molar-refractivity contribution in [1.29, 1.82) is 0 Å². The standard InChI is InChI=1S/C16H23F3N4O/c1-10(2)12-7-23(8-13-11(3)20-4-5-21-13)9-14(12)22-15(24)6-16(17,18)19/h4-5,10,12,14H,6-9H2,1-3H3,(H,22,24)/t12-,14+/m1/s1. The molecule has 1 fully saturated rings. The predicted molar refractivity (Wildman–Crippen MR) is 83.0 cm³/mol. The molecule has 1 aliphatic rings. The molecule has 0 unspecified atom stereocenters. The molecule has 24 heavy (non-hydrogen) atoms. The number of amides is 1. The Morgan fingerprint density at radius 1 is 1.33 bits per heavy atom. The third kappa shape index (κ3) is 5.15. The fourth-order valence-corrected chi connectivity index (χ4v) is 3.11. The van der Waals surface area contributed by atoms with Crippen LogP contribution >= 0.6 is 0 Å². The van der Waals surface area contributed by atoms with Gasteiger partial charge in [-0.3, -0.25) is 19.7 Å². The van der Waals surface area contributed by atoms with Crippen LogP contribution in [0.4, 0.5) is 13.2 Å². The smallest absolute Gasteiger partial charge is 0.351 e. The Hall–Kier alpha value is -1.70. The summed E-state index contributed by atoms with van der Waals surface area (Å²) in [5.41, 5.74) is 1.69. The van der Waals surface area contributed by atoms with Crippen LogP contribution in [-0.2, 0) is 11.3 Å². The van der Waals surface area contributed by atoms with E-state index in [9.17, 15) is 18.0 Å².